The first-order chi connectivity index (χ1) is 11.2. The van der Waals surface area contributed by atoms with Gasteiger partial charge in [-0.3, -0.25) is 10.1 Å². The third-order valence-corrected chi connectivity index (χ3v) is 4.24. The van der Waals surface area contributed by atoms with Gasteiger partial charge in [-0.05, 0) is 46.3 Å². The van der Waals surface area contributed by atoms with E-state index in [9.17, 15) is 10.1 Å². The van der Waals surface area contributed by atoms with Crippen LogP contribution < -0.4 is 4.90 Å². The van der Waals surface area contributed by atoms with Crippen LogP contribution >= 0.6 is 0 Å². The minimum Gasteiger partial charge on any atom is -0.474 e. The van der Waals surface area contributed by atoms with E-state index >= 15 is 0 Å². The van der Waals surface area contributed by atoms with E-state index in [0.29, 0.717) is 6.04 Å². The largest absolute Gasteiger partial charge is 0.474 e. The normalized spacial score (nSPS) is 15.9. The van der Waals surface area contributed by atoms with Crippen molar-refractivity contribution in [2.75, 3.05) is 25.0 Å². The molecule has 1 heterocycles. The molecule has 0 unspecified atom stereocenters. The zero-order valence-corrected chi connectivity index (χ0v) is 15.0. The predicted molar refractivity (Wildman–Crippen MR) is 96.1 cm³/mol. The van der Waals surface area contributed by atoms with E-state index in [1.807, 2.05) is 33.9 Å². The van der Waals surface area contributed by atoms with Crippen molar-refractivity contribution in [1.82, 2.24) is 4.90 Å². The summed E-state index contributed by atoms with van der Waals surface area (Å²) in [7, 11) is 2.00. The lowest BCUT2D eigenvalue weighted by Crippen LogP contribution is -2.44. The molecule has 6 nitrogen and oxygen atoms in total. The maximum absolute atomic E-state index is 10.9. The van der Waals surface area contributed by atoms with Crippen molar-refractivity contribution in [2.45, 2.75) is 45.3 Å². The number of non-ortho nitro benzene ring substituents is 1. The van der Waals surface area contributed by atoms with Crippen molar-refractivity contribution >= 4 is 11.4 Å². The molecule has 2 rings (SSSR count). The summed E-state index contributed by atoms with van der Waals surface area (Å²) in [5, 5.41) is 10.9. The minimum atomic E-state index is -0.353. The molecule has 0 bridgehead atoms. The van der Waals surface area contributed by atoms with Gasteiger partial charge in [-0.15, -0.1) is 0 Å². The number of ether oxygens (including phenoxy) is 1. The number of hydrogen-bond donors (Lipinski definition) is 0. The van der Waals surface area contributed by atoms with Gasteiger partial charge in [0.1, 0.15) is 5.60 Å². The average molecular weight is 333 g/mol. The topological polar surface area (TPSA) is 58.8 Å². The molecule has 0 spiro atoms. The maximum atomic E-state index is 10.9. The van der Waals surface area contributed by atoms with E-state index in [1.54, 1.807) is 12.1 Å². The van der Waals surface area contributed by atoms with Gasteiger partial charge in [0.15, 0.2) is 5.88 Å². The Balaban J connectivity index is 1.95. The first kappa shape index (κ1) is 18.1. The molecule has 0 amide bonds. The molecule has 1 fully saturated rings. The van der Waals surface area contributed by atoms with Crippen LogP contribution in [0.15, 0.2) is 36.7 Å². The molecule has 0 aromatic heterocycles. The standard InChI is InChI=1S/C18H27N3O3/c1-14(24-18(2,3)4)20-11-9-15(10-12-20)19(5)16-7-6-8-17(13-16)21(22)23/h6-8,13,15H,1,9-12H2,2-5H3. The van der Waals surface area contributed by atoms with E-state index in [4.69, 9.17) is 4.74 Å². The zero-order valence-electron chi connectivity index (χ0n) is 15.0. The summed E-state index contributed by atoms with van der Waals surface area (Å²) in [5.74, 6) is 0.721. The van der Waals surface area contributed by atoms with Crippen LogP contribution in [0.1, 0.15) is 33.6 Å². The molecule has 0 atom stereocenters. The second-order valence-electron chi connectivity index (χ2n) is 7.21. The molecule has 1 aliphatic rings. The second-order valence-corrected chi connectivity index (χ2v) is 7.21. The highest BCUT2D eigenvalue weighted by molar-refractivity contribution is 5.53. The highest BCUT2D eigenvalue weighted by Gasteiger charge is 2.26. The molecule has 1 aromatic rings. The van der Waals surface area contributed by atoms with Crippen molar-refractivity contribution in [3.05, 3.63) is 46.8 Å². The molecule has 0 aliphatic carbocycles. The van der Waals surface area contributed by atoms with E-state index in [-0.39, 0.29) is 16.2 Å². The van der Waals surface area contributed by atoms with E-state index < -0.39 is 0 Å². The van der Waals surface area contributed by atoms with Gasteiger partial charge in [-0.2, -0.15) is 0 Å². The van der Waals surface area contributed by atoms with E-state index in [1.165, 1.54) is 6.07 Å². The summed E-state index contributed by atoms with van der Waals surface area (Å²) >= 11 is 0. The third-order valence-electron chi connectivity index (χ3n) is 4.24. The molecular formula is C18H27N3O3. The Hall–Kier alpha value is -2.24. The average Bonchev–Trinajstić information content (AvgIpc) is 2.53. The summed E-state index contributed by atoms with van der Waals surface area (Å²) in [6, 6.07) is 7.16. The van der Waals surface area contributed by atoms with Crippen LogP contribution in [0.3, 0.4) is 0 Å². The number of likely N-dealkylation sites (tertiary alicyclic amines) is 1. The number of nitro groups is 1. The maximum Gasteiger partial charge on any atom is 0.271 e. The van der Waals surface area contributed by atoms with Crippen LogP contribution in [0, 0.1) is 10.1 Å². The van der Waals surface area contributed by atoms with Crippen LogP contribution in [0.4, 0.5) is 11.4 Å². The summed E-state index contributed by atoms with van der Waals surface area (Å²) in [6.07, 6.45) is 1.93. The lowest BCUT2D eigenvalue weighted by Gasteiger charge is -2.40. The van der Waals surface area contributed by atoms with Crippen LogP contribution in [-0.4, -0.2) is 41.6 Å². The van der Waals surface area contributed by atoms with Gasteiger partial charge in [0.25, 0.3) is 5.69 Å². The lowest BCUT2D eigenvalue weighted by molar-refractivity contribution is -0.384. The van der Waals surface area contributed by atoms with Gasteiger partial charge in [0.2, 0.25) is 0 Å². The Morgan fingerprint density at radius 1 is 1.38 bits per heavy atom. The van der Waals surface area contributed by atoms with Crippen LogP contribution in [0.5, 0.6) is 0 Å². The Kier molecular flexibility index (Phi) is 5.36. The summed E-state index contributed by atoms with van der Waals surface area (Å²) in [6.45, 7) is 11.8. The fraction of sp³-hybridized carbons (Fsp3) is 0.556. The SMILES string of the molecule is C=C(OC(C)(C)C)N1CCC(N(C)c2cccc([N+](=O)[O-])c2)CC1. The van der Waals surface area contributed by atoms with Crippen LogP contribution in [0.25, 0.3) is 0 Å². The van der Waals surface area contributed by atoms with Crippen molar-refractivity contribution in [3.63, 3.8) is 0 Å². The Labute approximate surface area is 143 Å². The number of anilines is 1. The fourth-order valence-corrected chi connectivity index (χ4v) is 2.96. The van der Waals surface area contributed by atoms with Crippen molar-refractivity contribution in [2.24, 2.45) is 0 Å². The number of piperidine rings is 1. The van der Waals surface area contributed by atoms with E-state index in [2.05, 4.69) is 16.4 Å². The number of rotatable bonds is 5. The van der Waals surface area contributed by atoms with Gasteiger partial charge in [0.05, 0.1) is 4.92 Å². The highest BCUT2D eigenvalue weighted by Crippen LogP contribution is 2.27. The third kappa shape index (κ3) is 4.63. The molecule has 6 heteroatoms. The molecule has 0 saturated carbocycles. The summed E-state index contributed by atoms with van der Waals surface area (Å²) in [4.78, 5) is 14.9. The zero-order chi connectivity index (χ0) is 17.9. The predicted octanol–water partition coefficient (Wildman–Crippen LogP) is 3.78. The molecule has 1 aromatic carbocycles. The van der Waals surface area contributed by atoms with Crippen molar-refractivity contribution in [1.29, 1.82) is 0 Å². The van der Waals surface area contributed by atoms with Gasteiger partial charge in [-0.1, -0.05) is 6.07 Å². The molecule has 0 radical (unpaired) electrons. The molecule has 1 saturated heterocycles. The number of hydrogen-bond acceptors (Lipinski definition) is 5. The van der Waals surface area contributed by atoms with E-state index in [0.717, 1.165) is 37.5 Å². The Bertz CT molecular complexity index is 602. The molecule has 1 aliphatic heterocycles. The molecule has 132 valence electrons. The van der Waals surface area contributed by atoms with Crippen LogP contribution in [0.2, 0.25) is 0 Å². The van der Waals surface area contributed by atoms with Crippen LogP contribution in [-0.2, 0) is 4.74 Å². The van der Waals surface area contributed by atoms with Crippen molar-refractivity contribution < 1.29 is 9.66 Å². The summed E-state index contributed by atoms with van der Waals surface area (Å²) in [5.41, 5.74) is 0.768. The molecular weight excluding hydrogens is 306 g/mol. The lowest BCUT2D eigenvalue weighted by atomic mass is 10.0. The number of nitrogens with zero attached hydrogens (tertiary/aromatic N) is 3. The second kappa shape index (κ2) is 7.11. The minimum absolute atomic E-state index is 0.128. The number of benzene rings is 1. The van der Waals surface area contributed by atoms with Gasteiger partial charge in [-0.25, -0.2) is 0 Å². The first-order valence-electron chi connectivity index (χ1n) is 8.27. The number of nitro benzene ring substituents is 1. The van der Waals surface area contributed by atoms with Gasteiger partial charge < -0.3 is 14.5 Å². The van der Waals surface area contributed by atoms with Crippen molar-refractivity contribution in [3.8, 4) is 0 Å². The Morgan fingerprint density at radius 2 is 2.00 bits per heavy atom. The monoisotopic (exact) mass is 333 g/mol. The van der Waals surface area contributed by atoms with Gasteiger partial charge in [0, 0.05) is 44.0 Å². The molecule has 0 N–H and O–H groups in total. The smallest absolute Gasteiger partial charge is 0.271 e. The first-order valence-corrected chi connectivity index (χ1v) is 8.27. The van der Waals surface area contributed by atoms with Gasteiger partial charge >= 0.3 is 0 Å². The fourth-order valence-electron chi connectivity index (χ4n) is 2.96. The highest BCUT2D eigenvalue weighted by atomic mass is 16.6. The Morgan fingerprint density at radius 3 is 2.54 bits per heavy atom. The quantitative estimate of drug-likeness (QED) is 0.466. The molecule has 24 heavy (non-hydrogen) atoms. The summed E-state index contributed by atoms with van der Waals surface area (Å²) < 4.78 is 5.84.